The summed E-state index contributed by atoms with van der Waals surface area (Å²) in [5.74, 6) is 1.07. The van der Waals surface area contributed by atoms with E-state index in [1.54, 1.807) is 16.7 Å². The molecule has 7 heteroatoms. The number of hydrogen-bond acceptors (Lipinski definition) is 6. The van der Waals surface area contributed by atoms with E-state index in [9.17, 15) is 9.90 Å². The second-order valence-corrected chi connectivity index (χ2v) is 9.40. The lowest BCUT2D eigenvalue weighted by molar-refractivity contribution is 0.0727. The Balaban J connectivity index is 1.53. The molecule has 1 saturated carbocycles. The number of nitrogens with zero attached hydrogens (tertiary/aromatic N) is 2. The predicted molar refractivity (Wildman–Crippen MR) is 112 cm³/mol. The lowest BCUT2D eigenvalue weighted by Gasteiger charge is -2.27. The van der Waals surface area contributed by atoms with Gasteiger partial charge in [0.15, 0.2) is 0 Å². The van der Waals surface area contributed by atoms with E-state index in [2.05, 4.69) is 4.98 Å². The van der Waals surface area contributed by atoms with E-state index in [0.29, 0.717) is 31.3 Å². The van der Waals surface area contributed by atoms with Gasteiger partial charge in [0.05, 0.1) is 12.6 Å². The van der Waals surface area contributed by atoms with Gasteiger partial charge in [-0.3, -0.25) is 4.79 Å². The first-order chi connectivity index (χ1) is 13.7. The smallest absolute Gasteiger partial charge is 0.273 e. The Hall–Kier alpha value is -1.57. The van der Waals surface area contributed by atoms with Crippen molar-refractivity contribution in [2.24, 2.45) is 5.92 Å². The number of thioether (sulfide) groups is 1. The van der Waals surface area contributed by atoms with Crippen molar-refractivity contribution in [2.45, 2.75) is 49.1 Å². The van der Waals surface area contributed by atoms with Crippen LogP contribution in [0.15, 0.2) is 27.9 Å². The number of benzene rings is 1. The van der Waals surface area contributed by atoms with E-state index in [4.69, 9.17) is 4.74 Å². The maximum Gasteiger partial charge on any atom is 0.273 e. The Kier molecular flexibility index (Phi) is 6.23. The van der Waals surface area contributed by atoms with Crippen molar-refractivity contribution >= 4 is 29.0 Å². The lowest BCUT2D eigenvalue weighted by atomic mass is 9.82. The normalized spacial score (nSPS) is 18.9. The van der Waals surface area contributed by atoms with Gasteiger partial charge in [0.1, 0.15) is 22.4 Å². The van der Waals surface area contributed by atoms with Gasteiger partial charge in [0.25, 0.3) is 5.91 Å². The number of aromatic nitrogens is 1. The number of rotatable bonds is 4. The highest BCUT2D eigenvalue weighted by molar-refractivity contribution is 8.00. The first-order valence-corrected chi connectivity index (χ1v) is 12.0. The lowest BCUT2D eigenvalue weighted by Crippen LogP contribution is -2.32. The molecule has 2 heterocycles. The van der Waals surface area contributed by atoms with Gasteiger partial charge in [-0.25, -0.2) is 4.98 Å². The van der Waals surface area contributed by atoms with E-state index in [1.807, 2.05) is 29.8 Å². The van der Waals surface area contributed by atoms with Crippen molar-refractivity contribution < 1.29 is 14.6 Å². The van der Waals surface area contributed by atoms with Crippen LogP contribution in [0, 0.1) is 5.92 Å². The molecule has 0 saturated heterocycles. The van der Waals surface area contributed by atoms with Gasteiger partial charge >= 0.3 is 0 Å². The summed E-state index contributed by atoms with van der Waals surface area (Å²) < 4.78 is 6.77. The molecule has 0 radical (unpaired) electrons. The summed E-state index contributed by atoms with van der Waals surface area (Å²) in [6.45, 7) is 1.47. The number of fused-ring (bicyclic) bond motifs is 1. The third-order valence-corrected chi connectivity index (χ3v) is 7.53. The zero-order chi connectivity index (χ0) is 19.5. The molecule has 1 aromatic heterocycles. The number of hydrogen-bond donors (Lipinski definition) is 1. The number of carbonyl (C=O) groups is 1. The Morgan fingerprint density at radius 3 is 2.93 bits per heavy atom. The first kappa shape index (κ1) is 19.7. The number of thiazole rings is 1. The van der Waals surface area contributed by atoms with Gasteiger partial charge in [0, 0.05) is 17.5 Å². The highest BCUT2D eigenvalue weighted by Crippen LogP contribution is 2.36. The summed E-state index contributed by atoms with van der Waals surface area (Å²) in [7, 11) is 0. The molecule has 0 spiro atoms. The molecule has 2 aromatic rings. The molecule has 4 rings (SSSR count). The molecule has 0 bridgehead atoms. The molecule has 5 nitrogen and oxygen atoms in total. The number of carbonyl (C=O) groups excluding carboxylic acids is 1. The Labute approximate surface area is 174 Å². The van der Waals surface area contributed by atoms with Crippen molar-refractivity contribution in [2.75, 3.05) is 19.4 Å². The second-order valence-electron chi connectivity index (χ2n) is 7.49. The molecule has 1 aromatic carbocycles. The summed E-state index contributed by atoms with van der Waals surface area (Å²) in [5.41, 5.74) is 2.39. The summed E-state index contributed by atoms with van der Waals surface area (Å²) in [5, 5.41) is 12.7. The van der Waals surface area contributed by atoms with Gasteiger partial charge in [0.2, 0.25) is 0 Å². The van der Waals surface area contributed by atoms with Gasteiger partial charge in [-0.1, -0.05) is 37.1 Å². The van der Waals surface area contributed by atoms with Gasteiger partial charge in [-0.15, -0.1) is 11.3 Å². The minimum absolute atomic E-state index is 0.0637. The minimum atomic E-state index is -0.444. The van der Waals surface area contributed by atoms with Crippen LogP contribution < -0.4 is 4.74 Å². The van der Waals surface area contributed by atoms with Gasteiger partial charge in [-0.2, -0.15) is 0 Å². The number of amides is 1. The highest BCUT2D eigenvalue weighted by Gasteiger charge is 2.26. The summed E-state index contributed by atoms with van der Waals surface area (Å²) in [6, 6.07) is 5.94. The summed E-state index contributed by atoms with van der Waals surface area (Å²) in [4.78, 5) is 19.1. The van der Waals surface area contributed by atoms with Crippen molar-refractivity contribution in [3.05, 3.63) is 40.4 Å². The summed E-state index contributed by atoms with van der Waals surface area (Å²) in [6.07, 6.45) is 7.35. The van der Waals surface area contributed by atoms with E-state index >= 15 is 0 Å². The molecule has 1 aliphatic heterocycles. The van der Waals surface area contributed by atoms with Crippen LogP contribution in [0.4, 0.5) is 0 Å². The molecule has 1 fully saturated rings. The first-order valence-electron chi connectivity index (χ1n) is 9.88. The van der Waals surface area contributed by atoms with E-state index in [0.717, 1.165) is 34.1 Å². The topological polar surface area (TPSA) is 62.7 Å². The minimum Gasteiger partial charge on any atom is -0.491 e. The quantitative estimate of drug-likeness (QED) is 0.740. The molecule has 1 atom stereocenters. The Morgan fingerprint density at radius 2 is 2.18 bits per heavy atom. The maximum absolute atomic E-state index is 12.9. The molecule has 28 heavy (non-hydrogen) atoms. The fraction of sp³-hybridized carbons (Fsp3) is 0.524. The molecular weight excluding hydrogens is 392 g/mol. The van der Waals surface area contributed by atoms with Crippen LogP contribution in [0.5, 0.6) is 5.75 Å². The number of aliphatic hydroxyl groups excluding tert-OH is 1. The predicted octanol–water partition coefficient (Wildman–Crippen LogP) is 4.51. The fourth-order valence-electron chi connectivity index (χ4n) is 4.10. The van der Waals surface area contributed by atoms with Crippen LogP contribution in [-0.2, 0) is 6.54 Å². The van der Waals surface area contributed by atoms with Crippen molar-refractivity contribution in [1.82, 2.24) is 9.88 Å². The zero-order valence-electron chi connectivity index (χ0n) is 16.1. The van der Waals surface area contributed by atoms with Crippen molar-refractivity contribution in [3.8, 4) is 5.75 Å². The molecule has 1 aliphatic carbocycles. The Morgan fingerprint density at radius 1 is 1.36 bits per heavy atom. The Bertz CT molecular complexity index is 833. The third kappa shape index (κ3) is 4.21. The second kappa shape index (κ2) is 8.84. The standard InChI is InChI=1S/C21H26N2O3S2/c1-27-21-22-17(13-28-21)20(25)23-9-10-26-18-8-7-15(11-16(18)12-23)19(24)14-5-3-2-4-6-14/h7-8,11,13-14,19,24H,2-6,9-10,12H2,1H3. The van der Waals surface area contributed by atoms with E-state index in [-0.39, 0.29) is 5.91 Å². The molecule has 1 amide bonds. The third-order valence-electron chi connectivity index (χ3n) is 5.67. The highest BCUT2D eigenvalue weighted by atomic mass is 32.2. The zero-order valence-corrected chi connectivity index (χ0v) is 17.7. The molecular formula is C21H26N2O3S2. The van der Waals surface area contributed by atoms with E-state index < -0.39 is 6.10 Å². The van der Waals surface area contributed by atoms with Gasteiger partial charge < -0.3 is 14.7 Å². The molecule has 1 unspecified atom stereocenters. The SMILES string of the molecule is CSc1nc(C(=O)N2CCOc3ccc(C(O)C4CCCCC4)cc3C2)cs1. The van der Waals surface area contributed by atoms with Crippen molar-refractivity contribution in [3.63, 3.8) is 0 Å². The number of ether oxygens (including phenoxy) is 1. The van der Waals surface area contributed by atoms with Crippen LogP contribution in [-0.4, -0.2) is 40.3 Å². The maximum atomic E-state index is 12.9. The molecule has 2 aliphatic rings. The van der Waals surface area contributed by atoms with Crippen LogP contribution in [0.3, 0.4) is 0 Å². The van der Waals surface area contributed by atoms with Crippen LogP contribution in [0.2, 0.25) is 0 Å². The number of aliphatic hydroxyl groups is 1. The fourth-order valence-corrected chi connectivity index (χ4v) is 5.34. The summed E-state index contributed by atoms with van der Waals surface area (Å²) >= 11 is 3.04. The average molecular weight is 419 g/mol. The van der Waals surface area contributed by atoms with E-state index in [1.165, 1.54) is 30.6 Å². The largest absolute Gasteiger partial charge is 0.491 e. The molecule has 150 valence electrons. The monoisotopic (exact) mass is 418 g/mol. The van der Waals surface area contributed by atoms with Gasteiger partial charge in [-0.05, 0) is 42.7 Å². The average Bonchev–Trinajstić information content (AvgIpc) is 3.12. The van der Waals surface area contributed by atoms with Crippen molar-refractivity contribution in [1.29, 1.82) is 0 Å². The van der Waals surface area contributed by atoms with Crippen LogP contribution in [0.1, 0.15) is 59.8 Å². The molecule has 1 N–H and O–H groups in total. The van der Waals surface area contributed by atoms with Crippen LogP contribution >= 0.6 is 23.1 Å². The van der Waals surface area contributed by atoms with Crippen LogP contribution in [0.25, 0.3) is 0 Å².